The highest BCUT2D eigenvalue weighted by atomic mass is 32.2. The van der Waals surface area contributed by atoms with Gasteiger partial charge in [0.2, 0.25) is 15.9 Å². The van der Waals surface area contributed by atoms with Gasteiger partial charge in [-0.15, -0.1) is 0 Å². The van der Waals surface area contributed by atoms with Crippen LogP contribution in [0.5, 0.6) is 5.75 Å². The van der Waals surface area contributed by atoms with Gasteiger partial charge >= 0.3 is 0 Å². The first-order chi connectivity index (χ1) is 14.7. The van der Waals surface area contributed by atoms with Crippen molar-refractivity contribution >= 4 is 27.7 Å². The van der Waals surface area contributed by atoms with E-state index in [4.69, 9.17) is 4.74 Å². The Morgan fingerprint density at radius 1 is 1.13 bits per heavy atom. The maximum absolute atomic E-state index is 14.0. The molecule has 1 atom stereocenters. The Hall–Kier alpha value is -2.10. The fourth-order valence-electron chi connectivity index (χ4n) is 2.67. The zero-order valence-electron chi connectivity index (χ0n) is 17.9. The van der Waals surface area contributed by atoms with Crippen molar-refractivity contribution in [3.63, 3.8) is 0 Å². The molecule has 2 aromatic carbocycles. The number of hydrogen-bond acceptors (Lipinski definition) is 5. The molecule has 0 radical (unpaired) electrons. The molecular formula is C22H29FN2O4S2. The minimum atomic E-state index is -4.18. The molecule has 0 aliphatic carbocycles. The lowest BCUT2D eigenvalue weighted by molar-refractivity contribution is -0.122. The van der Waals surface area contributed by atoms with E-state index in [2.05, 4.69) is 23.9 Å². The summed E-state index contributed by atoms with van der Waals surface area (Å²) < 4.78 is 47.1. The van der Waals surface area contributed by atoms with Crippen LogP contribution in [-0.4, -0.2) is 39.0 Å². The standard InChI is InChI=1S/C22H29FN2O4S2/c1-16(2)15-29-18-10-8-17(9-11-18)14-24-22(26)20(12-13-30-3)25-31(27,28)21-7-5-4-6-19(21)23/h4-11,16,20,25H,12-15H2,1-3H3,(H,24,26). The predicted octanol–water partition coefficient (Wildman–Crippen LogP) is 3.58. The lowest BCUT2D eigenvalue weighted by Gasteiger charge is -2.18. The zero-order chi connectivity index (χ0) is 22.9. The molecule has 2 N–H and O–H groups in total. The molecule has 6 nitrogen and oxygen atoms in total. The number of amides is 1. The van der Waals surface area contributed by atoms with E-state index in [0.717, 1.165) is 17.4 Å². The molecule has 1 amide bonds. The fourth-order valence-corrected chi connectivity index (χ4v) is 4.45. The number of halogens is 1. The number of rotatable bonds is 12. The average molecular weight is 469 g/mol. The zero-order valence-corrected chi connectivity index (χ0v) is 19.6. The number of carbonyl (C=O) groups is 1. The smallest absolute Gasteiger partial charge is 0.244 e. The van der Waals surface area contributed by atoms with E-state index in [-0.39, 0.29) is 13.0 Å². The highest BCUT2D eigenvalue weighted by Gasteiger charge is 2.27. The van der Waals surface area contributed by atoms with Crippen molar-refractivity contribution in [1.29, 1.82) is 0 Å². The Bertz CT molecular complexity index is 950. The van der Waals surface area contributed by atoms with Crippen LogP contribution in [0.2, 0.25) is 0 Å². The number of ether oxygens (including phenoxy) is 1. The van der Waals surface area contributed by atoms with Gasteiger partial charge in [0.1, 0.15) is 22.5 Å². The Morgan fingerprint density at radius 2 is 1.81 bits per heavy atom. The van der Waals surface area contributed by atoms with Crippen LogP contribution in [0, 0.1) is 11.7 Å². The topological polar surface area (TPSA) is 84.5 Å². The van der Waals surface area contributed by atoms with Crippen LogP contribution in [0.25, 0.3) is 0 Å². The molecule has 2 aromatic rings. The first-order valence-corrected chi connectivity index (χ1v) is 12.9. The molecule has 0 spiro atoms. The maximum Gasteiger partial charge on any atom is 0.244 e. The second-order valence-corrected chi connectivity index (χ2v) is 10.1. The molecule has 0 bridgehead atoms. The van der Waals surface area contributed by atoms with E-state index >= 15 is 0 Å². The normalized spacial score (nSPS) is 12.5. The minimum Gasteiger partial charge on any atom is -0.493 e. The molecule has 31 heavy (non-hydrogen) atoms. The van der Waals surface area contributed by atoms with Gasteiger partial charge < -0.3 is 10.1 Å². The fraction of sp³-hybridized carbons (Fsp3) is 0.409. The van der Waals surface area contributed by atoms with Crippen molar-refractivity contribution in [2.24, 2.45) is 5.92 Å². The first-order valence-electron chi connectivity index (χ1n) is 9.98. The third-order valence-corrected chi connectivity index (χ3v) is 6.47. The van der Waals surface area contributed by atoms with Crippen molar-refractivity contribution < 1.29 is 22.3 Å². The van der Waals surface area contributed by atoms with E-state index in [1.807, 2.05) is 30.5 Å². The molecule has 170 valence electrons. The SMILES string of the molecule is CSCCC(NS(=O)(=O)c1ccccc1F)C(=O)NCc1ccc(OCC(C)C)cc1. The molecule has 0 aromatic heterocycles. The summed E-state index contributed by atoms with van der Waals surface area (Å²) in [5.74, 6) is 0.414. The minimum absolute atomic E-state index is 0.237. The summed E-state index contributed by atoms with van der Waals surface area (Å²) in [7, 11) is -4.18. The van der Waals surface area contributed by atoms with Crippen LogP contribution < -0.4 is 14.8 Å². The Labute approximate surface area is 188 Å². The van der Waals surface area contributed by atoms with Gasteiger partial charge in [0, 0.05) is 6.54 Å². The van der Waals surface area contributed by atoms with Crippen LogP contribution in [0.15, 0.2) is 53.4 Å². The molecular weight excluding hydrogens is 439 g/mol. The third-order valence-electron chi connectivity index (χ3n) is 4.32. The van der Waals surface area contributed by atoms with Crippen molar-refractivity contribution in [3.8, 4) is 5.75 Å². The summed E-state index contributed by atoms with van der Waals surface area (Å²) in [6, 6.07) is 11.4. The van der Waals surface area contributed by atoms with Crippen molar-refractivity contribution in [2.45, 2.75) is 37.8 Å². The van der Waals surface area contributed by atoms with Gasteiger partial charge in [-0.25, -0.2) is 12.8 Å². The predicted molar refractivity (Wildman–Crippen MR) is 122 cm³/mol. The third kappa shape index (κ3) is 8.16. The molecule has 0 heterocycles. The molecule has 2 rings (SSSR count). The number of thioether (sulfide) groups is 1. The van der Waals surface area contributed by atoms with Gasteiger partial charge in [0.15, 0.2) is 0 Å². The van der Waals surface area contributed by atoms with Crippen LogP contribution in [-0.2, 0) is 21.4 Å². The molecule has 1 unspecified atom stereocenters. The second-order valence-electron chi connectivity index (χ2n) is 7.45. The van der Waals surface area contributed by atoms with Crippen molar-refractivity contribution in [1.82, 2.24) is 10.0 Å². The summed E-state index contributed by atoms with van der Waals surface area (Å²) in [5, 5.41) is 2.76. The molecule has 9 heteroatoms. The molecule has 0 saturated carbocycles. The molecule has 0 saturated heterocycles. The van der Waals surface area contributed by atoms with Gasteiger partial charge in [0.25, 0.3) is 0 Å². The van der Waals surface area contributed by atoms with Crippen LogP contribution in [0.4, 0.5) is 4.39 Å². The molecule has 0 fully saturated rings. The lowest BCUT2D eigenvalue weighted by Crippen LogP contribution is -2.46. The Kier molecular flexibility index (Phi) is 9.80. The van der Waals surface area contributed by atoms with Gasteiger partial charge in [-0.05, 0) is 54.2 Å². The van der Waals surface area contributed by atoms with Gasteiger partial charge in [-0.1, -0.05) is 38.1 Å². The average Bonchev–Trinajstić information content (AvgIpc) is 2.74. The highest BCUT2D eigenvalue weighted by molar-refractivity contribution is 7.98. The maximum atomic E-state index is 14.0. The summed E-state index contributed by atoms with van der Waals surface area (Å²) in [5.41, 5.74) is 0.853. The van der Waals surface area contributed by atoms with Crippen molar-refractivity contribution in [2.75, 3.05) is 18.6 Å². The largest absolute Gasteiger partial charge is 0.493 e. The van der Waals surface area contributed by atoms with E-state index in [9.17, 15) is 17.6 Å². The highest BCUT2D eigenvalue weighted by Crippen LogP contribution is 2.16. The monoisotopic (exact) mass is 468 g/mol. The number of carbonyl (C=O) groups excluding carboxylic acids is 1. The van der Waals surface area contributed by atoms with E-state index < -0.39 is 32.7 Å². The van der Waals surface area contributed by atoms with E-state index in [1.54, 1.807) is 0 Å². The molecule has 0 aliphatic rings. The lowest BCUT2D eigenvalue weighted by atomic mass is 10.2. The number of hydrogen-bond donors (Lipinski definition) is 2. The van der Waals surface area contributed by atoms with Gasteiger partial charge in [0.05, 0.1) is 6.61 Å². The summed E-state index contributed by atoms with van der Waals surface area (Å²) >= 11 is 1.49. The first kappa shape index (κ1) is 25.2. The summed E-state index contributed by atoms with van der Waals surface area (Å²) in [6.45, 7) is 4.99. The van der Waals surface area contributed by atoms with Crippen LogP contribution in [0.1, 0.15) is 25.8 Å². The van der Waals surface area contributed by atoms with Crippen molar-refractivity contribution in [3.05, 3.63) is 59.9 Å². The second kappa shape index (κ2) is 12.1. The quantitative estimate of drug-likeness (QED) is 0.497. The van der Waals surface area contributed by atoms with Gasteiger partial charge in [-0.3, -0.25) is 4.79 Å². The number of benzene rings is 2. The number of nitrogens with one attached hydrogen (secondary N) is 2. The van der Waals surface area contributed by atoms with Crippen LogP contribution >= 0.6 is 11.8 Å². The summed E-state index contributed by atoms with van der Waals surface area (Å²) in [6.07, 6.45) is 2.14. The summed E-state index contributed by atoms with van der Waals surface area (Å²) in [4.78, 5) is 12.2. The van der Waals surface area contributed by atoms with E-state index in [1.165, 1.54) is 30.0 Å². The molecule has 0 aliphatic heterocycles. The van der Waals surface area contributed by atoms with Gasteiger partial charge in [-0.2, -0.15) is 16.5 Å². The Balaban J connectivity index is 2.02. The Morgan fingerprint density at radius 3 is 2.42 bits per heavy atom. The number of sulfonamides is 1. The van der Waals surface area contributed by atoms with Crippen LogP contribution in [0.3, 0.4) is 0 Å². The van der Waals surface area contributed by atoms with E-state index in [0.29, 0.717) is 18.3 Å².